The van der Waals surface area contributed by atoms with Gasteiger partial charge >= 0.3 is 0 Å². The summed E-state index contributed by atoms with van der Waals surface area (Å²) < 4.78 is 0. The van der Waals surface area contributed by atoms with Crippen LogP contribution in [-0.4, -0.2) is 79.4 Å². The fourth-order valence-corrected chi connectivity index (χ4v) is 7.10. The van der Waals surface area contributed by atoms with Gasteiger partial charge in [-0.3, -0.25) is 20.9 Å². The smallest absolute Gasteiger partial charge is 0.246 e. The predicted octanol–water partition coefficient (Wildman–Crippen LogP) is 1.44. The first-order chi connectivity index (χ1) is 15.7. The average molecular weight is 445 g/mol. The van der Waals surface area contributed by atoms with Crippen molar-refractivity contribution < 1.29 is 4.79 Å². The van der Waals surface area contributed by atoms with Crippen molar-refractivity contribution in [1.29, 1.82) is 0 Å². The summed E-state index contributed by atoms with van der Waals surface area (Å²) in [6.07, 6.45) is 13.8. The van der Waals surface area contributed by atoms with Gasteiger partial charge in [0.25, 0.3) is 0 Å². The summed E-state index contributed by atoms with van der Waals surface area (Å²) in [6, 6.07) is 1.25. The van der Waals surface area contributed by atoms with Gasteiger partial charge in [0.05, 0.1) is 6.17 Å². The third-order valence-electron chi connectivity index (χ3n) is 8.78. The monoisotopic (exact) mass is 444 g/mol. The summed E-state index contributed by atoms with van der Waals surface area (Å²) in [7, 11) is 0. The second-order valence-electron chi connectivity index (χ2n) is 11.1. The van der Waals surface area contributed by atoms with E-state index in [1.807, 2.05) is 4.90 Å². The van der Waals surface area contributed by atoms with Crippen molar-refractivity contribution in [3.05, 3.63) is 12.7 Å². The molecule has 6 unspecified atom stereocenters. The summed E-state index contributed by atoms with van der Waals surface area (Å²) in [5, 5.41) is 14.0. The molecule has 7 nitrogen and oxygen atoms in total. The van der Waals surface area contributed by atoms with Crippen molar-refractivity contribution in [2.45, 2.75) is 82.1 Å². The highest BCUT2D eigenvalue weighted by Gasteiger charge is 2.48. The second-order valence-corrected chi connectivity index (χ2v) is 11.1. The van der Waals surface area contributed by atoms with Gasteiger partial charge < -0.3 is 10.2 Å². The lowest BCUT2D eigenvalue weighted by Crippen LogP contribution is -2.68. The Morgan fingerprint density at radius 3 is 2.59 bits per heavy atom. The van der Waals surface area contributed by atoms with E-state index in [0.717, 1.165) is 44.6 Å². The van der Waals surface area contributed by atoms with Crippen LogP contribution in [0.4, 0.5) is 0 Å². The normalized spacial score (nSPS) is 39.2. The molecule has 1 aliphatic carbocycles. The van der Waals surface area contributed by atoms with E-state index in [1.54, 1.807) is 0 Å². The number of hydrazine groups is 1. The molecule has 1 amide bonds. The molecule has 5 fully saturated rings. The molecule has 0 radical (unpaired) electrons. The van der Waals surface area contributed by atoms with Crippen molar-refractivity contribution in [3.8, 4) is 0 Å². The van der Waals surface area contributed by atoms with Crippen LogP contribution in [0.1, 0.15) is 57.8 Å². The quantitative estimate of drug-likeness (QED) is 0.465. The van der Waals surface area contributed by atoms with Gasteiger partial charge in [-0.2, -0.15) is 0 Å². The van der Waals surface area contributed by atoms with Crippen LogP contribution in [0.5, 0.6) is 0 Å². The van der Waals surface area contributed by atoms with Crippen LogP contribution >= 0.6 is 0 Å². The van der Waals surface area contributed by atoms with Gasteiger partial charge in [-0.25, -0.2) is 5.01 Å². The molecule has 0 spiro atoms. The fourth-order valence-electron chi connectivity index (χ4n) is 7.10. The number of piperidine rings is 1. The van der Waals surface area contributed by atoms with Gasteiger partial charge in [-0.1, -0.05) is 38.7 Å². The molecule has 4 heterocycles. The van der Waals surface area contributed by atoms with Gasteiger partial charge in [0.15, 0.2) is 0 Å². The zero-order valence-electron chi connectivity index (χ0n) is 19.7. The number of hydrogen-bond donors (Lipinski definition) is 4. The standard InChI is InChI=1S/C25H44N6O/c1-2-24(32)30-16-20-22(17-30)27-23(13-18-7-4-3-5-8-18)28-25(20)21-10-12-31(29-21)15-19-9-6-11-26-14-19/h2,18-23,25-29H,1,3-17H2. The molecule has 0 aromatic rings. The highest BCUT2D eigenvalue weighted by atomic mass is 16.2. The molecule has 180 valence electrons. The molecule has 6 atom stereocenters. The molecular formula is C25H44N6O. The van der Waals surface area contributed by atoms with Gasteiger partial charge in [-0.15, -0.1) is 0 Å². The van der Waals surface area contributed by atoms with Gasteiger partial charge in [0, 0.05) is 50.2 Å². The minimum Gasteiger partial charge on any atom is -0.337 e. The summed E-state index contributed by atoms with van der Waals surface area (Å²) in [6.45, 7) is 9.99. The van der Waals surface area contributed by atoms with E-state index in [-0.39, 0.29) is 5.91 Å². The topological polar surface area (TPSA) is 71.7 Å². The average Bonchev–Trinajstić information content (AvgIpc) is 3.46. The number of nitrogens with one attached hydrogen (secondary N) is 4. The van der Waals surface area contributed by atoms with Crippen molar-refractivity contribution in [2.24, 2.45) is 17.8 Å². The lowest BCUT2D eigenvalue weighted by molar-refractivity contribution is -0.125. The number of rotatable bonds is 6. The second kappa shape index (κ2) is 10.5. The van der Waals surface area contributed by atoms with Crippen molar-refractivity contribution in [3.63, 3.8) is 0 Å². The Bertz CT molecular complexity index is 646. The molecule has 0 aromatic carbocycles. The zero-order chi connectivity index (χ0) is 21.9. The van der Waals surface area contributed by atoms with Crippen LogP contribution in [0, 0.1) is 17.8 Å². The van der Waals surface area contributed by atoms with E-state index >= 15 is 0 Å². The summed E-state index contributed by atoms with van der Waals surface area (Å²) >= 11 is 0. The Balaban J connectivity index is 1.24. The Morgan fingerprint density at radius 1 is 0.969 bits per heavy atom. The highest BCUT2D eigenvalue weighted by molar-refractivity contribution is 5.87. The molecule has 7 heteroatoms. The maximum absolute atomic E-state index is 12.4. The molecule has 5 rings (SSSR count). The van der Waals surface area contributed by atoms with Crippen LogP contribution in [0.15, 0.2) is 12.7 Å². The molecule has 32 heavy (non-hydrogen) atoms. The molecule has 0 aromatic heterocycles. The van der Waals surface area contributed by atoms with E-state index in [0.29, 0.717) is 30.2 Å². The Hall–Kier alpha value is -0.990. The van der Waals surface area contributed by atoms with Gasteiger partial charge in [-0.05, 0) is 56.7 Å². The van der Waals surface area contributed by atoms with Crippen LogP contribution in [0.3, 0.4) is 0 Å². The van der Waals surface area contributed by atoms with E-state index < -0.39 is 0 Å². The maximum atomic E-state index is 12.4. The Kier molecular flexibility index (Phi) is 7.49. The van der Waals surface area contributed by atoms with Crippen molar-refractivity contribution in [1.82, 2.24) is 31.3 Å². The number of fused-ring (bicyclic) bond motifs is 1. The summed E-state index contributed by atoms with van der Waals surface area (Å²) in [5.74, 6) is 2.13. The molecule has 1 saturated carbocycles. The molecule has 0 bridgehead atoms. The van der Waals surface area contributed by atoms with E-state index in [9.17, 15) is 4.79 Å². The SMILES string of the molecule is C=CC(=O)N1CC2NC(CC3CCCCC3)NC(C3CCN(CC4CCCNC4)N3)C2C1. The number of carbonyl (C=O) groups excluding carboxylic acids is 1. The van der Waals surface area contributed by atoms with Crippen LogP contribution in [-0.2, 0) is 4.79 Å². The lowest BCUT2D eigenvalue weighted by Gasteiger charge is -2.44. The third kappa shape index (κ3) is 5.22. The van der Waals surface area contributed by atoms with Gasteiger partial charge in [0.1, 0.15) is 0 Å². The number of nitrogens with zero attached hydrogens (tertiary/aromatic N) is 2. The molecular weight excluding hydrogens is 400 g/mol. The van der Waals surface area contributed by atoms with E-state index in [4.69, 9.17) is 0 Å². The minimum absolute atomic E-state index is 0.0783. The van der Waals surface area contributed by atoms with Crippen LogP contribution in [0.2, 0.25) is 0 Å². The summed E-state index contributed by atoms with van der Waals surface area (Å²) in [5.41, 5.74) is 3.89. The Morgan fingerprint density at radius 2 is 1.81 bits per heavy atom. The van der Waals surface area contributed by atoms with E-state index in [1.165, 1.54) is 70.4 Å². The Labute approximate surface area is 194 Å². The van der Waals surface area contributed by atoms with Crippen molar-refractivity contribution >= 4 is 5.91 Å². The molecule has 4 saturated heterocycles. The third-order valence-corrected chi connectivity index (χ3v) is 8.78. The first kappa shape index (κ1) is 22.8. The van der Waals surface area contributed by atoms with Crippen molar-refractivity contribution in [2.75, 3.05) is 39.3 Å². The number of amides is 1. The minimum atomic E-state index is 0.0783. The lowest BCUT2D eigenvalue weighted by atomic mass is 9.82. The predicted molar refractivity (Wildman–Crippen MR) is 128 cm³/mol. The first-order valence-electron chi connectivity index (χ1n) is 13.3. The van der Waals surface area contributed by atoms with Crippen LogP contribution in [0.25, 0.3) is 0 Å². The number of hydrogen-bond acceptors (Lipinski definition) is 6. The summed E-state index contributed by atoms with van der Waals surface area (Å²) in [4.78, 5) is 14.4. The van der Waals surface area contributed by atoms with Crippen LogP contribution < -0.4 is 21.4 Å². The molecule has 5 aliphatic rings. The fraction of sp³-hybridized carbons (Fsp3) is 0.880. The van der Waals surface area contributed by atoms with E-state index in [2.05, 4.69) is 33.0 Å². The largest absolute Gasteiger partial charge is 0.337 e. The molecule has 4 aliphatic heterocycles. The number of carbonyl (C=O) groups is 1. The molecule has 4 N–H and O–H groups in total. The zero-order valence-corrected chi connectivity index (χ0v) is 19.7. The highest BCUT2D eigenvalue weighted by Crippen LogP contribution is 2.32. The maximum Gasteiger partial charge on any atom is 0.246 e. The number of likely N-dealkylation sites (tertiary alicyclic amines) is 1. The van der Waals surface area contributed by atoms with Gasteiger partial charge in [0.2, 0.25) is 5.91 Å². The first-order valence-corrected chi connectivity index (χ1v) is 13.3.